The summed E-state index contributed by atoms with van der Waals surface area (Å²) in [5, 5.41) is 12.6. The normalized spacial score (nSPS) is 12.6. The van der Waals surface area contributed by atoms with E-state index in [1.54, 1.807) is 6.08 Å². The fourth-order valence-electron chi connectivity index (χ4n) is 3.96. The number of thiophene rings is 1. The number of amides is 1. The summed E-state index contributed by atoms with van der Waals surface area (Å²) in [6.45, 7) is 6.57. The predicted molar refractivity (Wildman–Crippen MR) is 137 cm³/mol. The summed E-state index contributed by atoms with van der Waals surface area (Å²) in [5.41, 5.74) is 2.62. The van der Waals surface area contributed by atoms with Crippen LogP contribution in [-0.4, -0.2) is 39.5 Å². The lowest BCUT2D eigenvalue weighted by Gasteiger charge is -2.11. The number of thioether (sulfide) groups is 1. The van der Waals surface area contributed by atoms with Gasteiger partial charge in [0.05, 0.1) is 18.4 Å². The van der Waals surface area contributed by atoms with E-state index in [1.165, 1.54) is 30.2 Å². The third-order valence-electron chi connectivity index (χ3n) is 5.61. The smallest absolute Gasteiger partial charge is 0.341 e. The van der Waals surface area contributed by atoms with Crippen LogP contribution in [0.25, 0.3) is 0 Å². The molecule has 0 unspecified atom stereocenters. The van der Waals surface area contributed by atoms with Gasteiger partial charge in [-0.05, 0) is 55.9 Å². The number of hydrogen-bond acceptors (Lipinski definition) is 8. The molecule has 1 N–H and O–H groups in total. The molecular formula is C25H28N4O4S2. The molecular weight excluding hydrogens is 484 g/mol. The quantitative estimate of drug-likeness (QED) is 0.237. The highest BCUT2D eigenvalue weighted by Crippen LogP contribution is 2.38. The van der Waals surface area contributed by atoms with Crippen LogP contribution < -0.4 is 10.1 Å². The number of nitrogens with one attached hydrogen (secondary N) is 1. The van der Waals surface area contributed by atoms with Crippen molar-refractivity contribution in [3.8, 4) is 5.75 Å². The Hall–Kier alpha value is -3.11. The van der Waals surface area contributed by atoms with E-state index in [2.05, 4.69) is 22.1 Å². The summed E-state index contributed by atoms with van der Waals surface area (Å²) < 4.78 is 12.7. The van der Waals surface area contributed by atoms with Crippen LogP contribution in [0, 0.1) is 6.92 Å². The minimum atomic E-state index is -0.406. The molecule has 0 spiro atoms. The minimum Gasteiger partial charge on any atom is -0.486 e. The fourth-order valence-corrected chi connectivity index (χ4v) is 6.02. The molecule has 1 amide bonds. The van der Waals surface area contributed by atoms with Crippen molar-refractivity contribution in [3.05, 3.63) is 64.3 Å². The molecule has 4 rings (SSSR count). The molecule has 2 heterocycles. The molecule has 0 radical (unpaired) electrons. The van der Waals surface area contributed by atoms with Crippen molar-refractivity contribution in [2.45, 2.75) is 50.9 Å². The Bertz CT molecular complexity index is 1230. The molecule has 184 valence electrons. The maximum Gasteiger partial charge on any atom is 0.341 e. The highest BCUT2D eigenvalue weighted by Gasteiger charge is 2.27. The van der Waals surface area contributed by atoms with Crippen molar-refractivity contribution in [2.75, 3.05) is 18.2 Å². The van der Waals surface area contributed by atoms with Gasteiger partial charge in [-0.3, -0.25) is 9.36 Å². The number of aromatic nitrogens is 3. The Labute approximate surface area is 212 Å². The first kappa shape index (κ1) is 25.0. The molecule has 10 heteroatoms. The summed E-state index contributed by atoms with van der Waals surface area (Å²) in [5.74, 6) is 0.901. The summed E-state index contributed by atoms with van der Waals surface area (Å²) in [6.07, 6.45) is 5.63. The number of allylic oxidation sites excluding steroid dienone is 1. The molecule has 0 saturated heterocycles. The number of methoxy groups -OCH3 is 1. The molecule has 3 aromatic rings. The van der Waals surface area contributed by atoms with Gasteiger partial charge in [0.15, 0.2) is 11.0 Å². The van der Waals surface area contributed by atoms with Crippen molar-refractivity contribution in [1.29, 1.82) is 0 Å². The summed E-state index contributed by atoms with van der Waals surface area (Å²) in [7, 11) is 1.36. The molecule has 35 heavy (non-hydrogen) atoms. The molecule has 0 fully saturated rings. The first-order valence-corrected chi connectivity index (χ1v) is 13.2. The number of esters is 1. The second-order valence-corrected chi connectivity index (χ2v) is 10.2. The van der Waals surface area contributed by atoms with E-state index in [0.29, 0.717) is 28.1 Å². The maximum atomic E-state index is 12.8. The molecule has 1 aliphatic carbocycles. The number of benzene rings is 1. The molecule has 0 atom stereocenters. The van der Waals surface area contributed by atoms with E-state index in [4.69, 9.17) is 9.47 Å². The molecule has 2 aromatic heterocycles. The van der Waals surface area contributed by atoms with Crippen LogP contribution in [0.4, 0.5) is 5.00 Å². The van der Waals surface area contributed by atoms with E-state index >= 15 is 0 Å². The molecule has 1 aromatic carbocycles. The zero-order chi connectivity index (χ0) is 24.8. The Morgan fingerprint density at radius 3 is 2.89 bits per heavy atom. The van der Waals surface area contributed by atoms with Crippen LogP contribution in [0.3, 0.4) is 0 Å². The topological polar surface area (TPSA) is 95.3 Å². The predicted octanol–water partition coefficient (Wildman–Crippen LogP) is 4.81. The van der Waals surface area contributed by atoms with Crippen molar-refractivity contribution in [1.82, 2.24) is 14.8 Å². The summed E-state index contributed by atoms with van der Waals surface area (Å²) in [4.78, 5) is 26.4. The Balaban J connectivity index is 1.42. The van der Waals surface area contributed by atoms with E-state index in [0.717, 1.165) is 47.4 Å². The van der Waals surface area contributed by atoms with Crippen LogP contribution in [-0.2, 0) is 35.5 Å². The van der Waals surface area contributed by atoms with Gasteiger partial charge in [-0.2, -0.15) is 0 Å². The Morgan fingerprint density at radius 2 is 2.11 bits per heavy atom. The number of ether oxygens (including phenoxy) is 2. The van der Waals surface area contributed by atoms with Crippen LogP contribution >= 0.6 is 23.1 Å². The van der Waals surface area contributed by atoms with Crippen LogP contribution in [0.1, 0.15) is 45.0 Å². The number of carbonyl (C=O) groups is 2. The van der Waals surface area contributed by atoms with Gasteiger partial charge in [-0.25, -0.2) is 4.79 Å². The molecule has 0 bridgehead atoms. The van der Waals surface area contributed by atoms with Gasteiger partial charge in [0.2, 0.25) is 5.91 Å². The third kappa shape index (κ3) is 5.94. The highest BCUT2D eigenvalue weighted by atomic mass is 32.2. The second kappa shape index (κ2) is 11.5. The minimum absolute atomic E-state index is 0.122. The largest absolute Gasteiger partial charge is 0.486 e. The SMILES string of the molecule is C=CCn1c(COc2cccc(C)c2)nnc1SCC(=O)Nc1sc2c(c1C(=O)OC)CCCC2. The van der Waals surface area contributed by atoms with E-state index in [1.807, 2.05) is 35.8 Å². The monoisotopic (exact) mass is 512 g/mol. The van der Waals surface area contributed by atoms with Crippen molar-refractivity contribution in [3.63, 3.8) is 0 Å². The zero-order valence-electron chi connectivity index (χ0n) is 19.8. The van der Waals surface area contributed by atoms with E-state index in [9.17, 15) is 9.59 Å². The number of nitrogens with zero attached hydrogens (tertiary/aromatic N) is 3. The first-order valence-electron chi connectivity index (χ1n) is 11.4. The standard InChI is InChI=1S/C25H28N4O4S2/c1-4-12-29-20(14-33-17-9-7-8-16(2)13-17)27-28-25(29)34-15-21(30)26-23-22(24(31)32-3)18-10-5-6-11-19(18)35-23/h4,7-9,13H,1,5-6,10-12,14-15H2,2-3H3,(H,26,30). The fraction of sp³-hybridized carbons (Fsp3) is 0.360. The number of anilines is 1. The van der Waals surface area contributed by atoms with Gasteiger partial charge in [0, 0.05) is 11.4 Å². The van der Waals surface area contributed by atoms with E-state index in [-0.39, 0.29) is 18.3 Å². The van der Waals surface area contributed by atoms with Crippen LogP contribution in [0.15, 0.2) is 42.1 Å². The summed E-state index contributed by atoms with van der Waals surface area (Å²) in [6, 6.07) is 7.80. The van der Waals surface area contributed by atoms with Gasteiger partial charge < -0.3 is 14.8 Å². The lowest BCUT2D eigenvalue weighted by molar-refractivity contribution is -0.113. The van der Waals surface area contributed by atoms with Gasteiger partial charge in [-0.15, -0.1) is 28.1 Å². The van der Waals surface area contributed by atoms with Gasteiger partial charge >= 0.3 is 5.97 Å². The lowest BCUT2D eigenvalue weighted by atomic mass is 9.95. The average Bonchev–Trinajstić information content (AvgIpc) is 3.41. The van der Waals surface area contributed by atoms with Gasteiger partial charge in [0.25, 0.3) is 0 Å². The molecule has 0 aliphatic heterocycles. The van der Waals surface area contributed by atoms with Gasteiger partial charge in [-0.1, -0.05) is 30.0 Å². The average molecular weight is 513 g/mol. The number of carbonyl (C=O) groups excluding carboxylic acids is 2. The Morgan fingerprint density at radius 1 is 1.29 bits per heavy atom. The second-order valence-electron chi connectivity index (χ2n) is 8.15. The number of fused-ring (bicyclic) bond motifs is 1. The van der Waals surface area contributed by atoms with Crippen molar-refractivity contribution < 1.29 is 19.1 Å². The van der Waals surface area contributed by atoms with Crippen LogP contribution in [0.2, 0.25) is 0 Å². The maximum absolute atomic E-state index is 12.8. The molecule has 0 saturated carbocycles. The van der Waals surface area contributed by atoms with Gasteiger partial charge in [0.1, 0.15) is 17.4 Å². The van der Waals surface area contributed by atoms with Crippen molar-refractivity contribution in [2.24, 2.45) is 0 Å². The first-order chi connectivity index (χ1) is 17.0. The van der Waals surface area contributed by atoms with Crippen molar-refractivity contribution >= 4 is 40.0 Å². The number of aryl methyl sites for hydroxylation is 2. The zero-order valence-corrected chi connectivity index (χ0v) is 21.5. The molecule has 8 nitrogen and oxygen atoms in total. The lowest BCUT2D eigenvalue weighted by Crippen LogP contribution is -2.17. The summed E-state index contributed by atoms with van der Waals surface area (Å²) >= 11 is 2.75. The molecule has 1 aliphatic rings. The van der Waals surface area contributed by atoms with E-state index < -0.39 is 5.97 Å². The van der Waals surface area contributed by atoms with Crippen LogP contribution in [0.5, 0.6) is 5.75 Å². The number of rotatable bonds is 10. The Kier molecular flexibility index (Phi) is 8.25. The highest BCUT2D eigenvalue weighted by molar-refractivity contribution is 7.99. The number of hydrogen-bond donors (Lipinski definition) is 1. The third-order valence-corrected chi connectivity index (χ3v) is 7.78.